The Bertz CT molecular complexity index is 456. The first kappa shape index (κ1) is 17.2. The number of aliphatic hydroxyl groups excluding tert-OH is 1. The Morgan fingerprint density at radius 2 is 1.55 bits per heavy atom. The van der Waals surface area contributed by atoms with E-state index < -0.39 is 12.3 Å². The van der Waals surface area contributed by atoms with Crippen molar-refractivity contribution in [1.29, 1.82) is 0 Å². The Balaban J connectivity index is 1.70. The van der Waals surface area contributed by atoms with Gasteiger partial charge in [-0.2, -0.15) is 13.2 Å². The molecule has 1 N–H and O–H groups in total. The van der Waals surface area contributed by atoms with Crippen molar-refractivity contribution < 1.29 is 22.7 Å². The zero-order chi connectivity index (χ0) is 16.2. The number of hydrogen-bond acceptors (Lipinski definition) is 3. The van der Waals surface area contributed by atoms with E-state index in [-0.39, 0.29) is 12.4 Å². The topological polar surface area (TPSA) is 26.7 Å². The van der Waals surface area contributed by atoms with Crippen LogP contribution >= 0.6 is 0 Å². The zero-order valence-corrected chi connectivity index (χ0v) is 12.2. The summed E-state index contributed by atoms with van der Waals surface area (Å²) in [4.78, 5) is 3.80. The number of benzene rings is 1. The van der Waals surface area contributed by atoms with Gasteiger partial charge in [0.15, 0.2) is 6.10 Å². The Morgan fingerprint density at radius 3 is 2.09 bits per heavy atom. The molecule has 0 unspecified atom stereocenters. The summed E-state index contributed by atoms with van der Waals surface area (Å²) >= 11 is 0. The highest BCUT2D eigenvalue weighted by Crippen LogP contribution is 2.21. The highest BCUT2D eigenvalue weighted by Gasteiger charge is 2.39. The number of rotatable bonds is 5. The number of piperazine rings is 1. The lowest BCUT2D eigenvalue weighted by molar-refractivity contribution is -0.208. The van der Waals surface area contributed by atoms with Crippen molar-refractivity contribution in [2.24, 2.45) is 0 Å². The van der Waals surface area contributed by atoms with E-state index in [1.165, 1.54) is 12.1 Å². The van der Waals surface area contributed by atoms with Gasteiger partial charge >= 0.3 is 6.18 Å². The quantitative estimate of drug-likeness (QED) is 0.840. The van der Waals surface area contributed by atoms with Crippen LogP contribution in [0.1, 0.15) is 5.56 Å². The first-order valence-corrected chi connectivity index (χ1v) is 7.28. The van der Waals surface area contributed by atoms with Crippen molar-refractivity contribution in [3.8, 4) is 0 Å². The summed E-state index contributed by atoms with van der Waals surface area (Å²) in [6, 6.07) is 6.33. The highest BCUT2D eigenvalue weighted by atomic mass is 19.4. The summed E-state index contributed by atoms with van der Waals surface area (Å²) in [5, 5.41) is 9.07. The van der Waals surface area contributed by atoms with Gasteiger partial charge < -0.3 is 10.0 Å². The number of nitrogens with zero attached hydrogens (tertiary/aromatic N) is 2. The Labute approximate surface area is 127 Å². The van der Waals surface area contributed by atoms with Crippen LogP contribution in [0.25, 0.3) is 0 Å². The molecule has 0 radical (unpaired) electrons. The smallest absolute Gasteiger partial charge is 0.382 e. The standard InChI is InChI=1S/C15H20F4N2O/c16-13-3-1-12(2-4-13)5-6-20-7-9-21(10-8-20)11-14(22)15(17,18)19/h1-4,14,22H,5-11H2/t14-/m0/s1. The van der Waals surface area contributed by atoms with Crippen LogP contribution in [0.5, 0.6) is 0 Å². The second-order valence-electron chi connectivity index (χ2n) is 5.58. The van der Waals surface area contributed by atoms with Crippen LogP contribution in [0.3, 0.4) is 0 Å². The van der Waals surface area contributed by atoms with Gasteiger partial charge in [-0.05, 0) is 24.1 Å². The van der Waals surface area contributed by atoms with Gasteiger partial charge in [0.05, 0.1) is 0 Å². The average Bonchev–Trinajstić information content (AvgIpc) is 2.47. The summed E-state index contributed by atoms with van der Waals surface area (Å²) in [5.74, 6) is -0.263. The van der Waals surface area contributed by atoms with E-state index in [1.807, 2.05) is 0 Å². The summed E-state index contributed by atoms with van der Waals surface area (Å²) < 4.78 is 49.7. The van der Waals surface area contributed by atoms with Gasteiger partial charge in [0.25, 0.3) is 0 Å². The molecule has 0 spiro atoms. The number of halogens is 4. The third kappa shape index (κ3) is 5.23. The average molecular weight is 320 g/mol. The molecule has 1 aromatic carbocycles. The molecule has 1 aliphatic rings. The Hall–Kier alpha value is -1.18. The summed E-state index contributed by atoms with van der Waals surface area (Å²) in [6.07, 6.45) is -6.05. The molecular weight excluding hydrogens is 300 g/mol. The van der Waals surface area contributed by atoms with Gasteiger partial charge in [-0.15, -0.1) is 0 Å². The maximum absolute atomic E-state index is 12.8. The maximum Gasteiger partial charge on any atom is 0.415 e. The van der Waals surface area contributed by atoms with Crippen molar-refractivity contribution >= 4 is 0 Å². The maximum atomic E-state index is 12.8. The summed E-state index contributed by atoms with van der Waals surface area (Å²) in [6.45, 7) is 2.79. The molecule has 0 aromatic heterocycles. The molecule has 2 rings (SSSR count). The van der Waals surface area contributed by atoms with Crippen LogP contribution in [-0.4, -0.2) is 66.5 Å². The predicted molar refractivity (Wildman–Crippen MR) is 75.0 cm³/mol. The van der Waals surface area contributed by atoms with E-state index in [9.17, 15) is 17.6 Å². The number of hydrogen-bond donors (Lipinski definition) is 1. The Kier molecular flexibility index (Phi) is 5.77. The molecule has 1 aromatic rings. The largest absolute Gasteiger partial charge is 0.415 e. The molecule has 0 amide bonds. The van der Waals surface area contributed by atoms with E-state index in [0.29, 0.717) is 26.2 Å². The number of β-amino-alcohol motifs (C(OH)–C–C–N with tert-alkyl or cyclic N) is 1. The lowest BCUT2D eigenvalue weighted by Crippen LogP contribution is -2.51. The SMILES string of the molecule is O[C@@H](CN1CCN(CCc2ccc(F)cc2)CC1)C(F)(F)F. The molecule has 22 heavy (non-hydrogen) atoms. The fraction of sp³-hybridized carbons (Fsp3) is 0.600. The molecule has 1 saturated heterocycles. The Morgan fingerprint density at radius 1 is 1.00 bits per heavy atom. The van der Waals surface area contributed by atoms with Gasteiger partial charge in [-0.25, -0.2) is 4.39 Å². The normalized spacial score (nSPS) is 19.3. The van der Waals surface area contributed by atoms with Gasteiger partial charge in [0.2, 0.25) is 0 Å². The van der Waals surface area contributed by atoms with E-state index in [2.05, 4.69) is 4.90 Å². The third-order valence-corrected chi connectivity index (χ3v) is 3.90. The molecule has 1 aliphatic heterocycles. The van der Waals surface area contributed by atoms with Crippen molar-refractivity contribution in [3.63, 3.8) is 0 Å². The van der Waals surface area contributed by atoms with Crippen LogP contribution in [0.15, 0.2) is 24.3 Å². The second-order valence-corrected chi connectivity index (χ2v) is 5.58. The molecular formula is C15H20F4N2O. The molecule has 1 heterocycles. The van der Waals surface area contributed by atoms with Crippen LogP contribution in [0.2, 0.25) is 0 Å². The van der Waals surface area contributed by atoms with Crippen LogP contribution in [0, 0.1) is 5.82 Å². The highest BCUT2D eigenvalue weighted by molar-refractivity contribution is 5.16. The van der Waals surface area contributed by atoms with Crippen molar-refractivity contribution in [2.45, 2.75) is 18.7 Å². The lowest BCUT2D eigenvalue weighted by atomic mass is 10.1. The monoisotopic (exact) mass is 320 g/mol. The van der Waals surface area contributed by atoms with Crippen LogP contribution in [-0.2, 0) is 6.42 Å². The first-order valence-electron chi connectivity index (χ1n) is 7.28. The van der Waals surface area contributed by atoms with E-state index in [1.54, 1.807) is 17.0 Å². The minimum Gasteiger partial charge on any atom is -0.382 e. The minimum absolute atomic E-state index is 0.263. The van der Waals surface area contributed by atoms with Crippen LogP contribution in [0.4, 0.5) is 17.6 Å². The second kappa shape index (κ2) is 7.39. The van der Waals surface area contributed by atoms with E-state index in [4.69, 9.17) is 5.11 Å². The molecule has 124 valence electrons. The third-order valence-electron chi connectivity index (χ3n) is 3.90. The molecule has 3 nitrogen and oxygen atoms in total. The van der Waals surface area contributed by atoms with Crippen molar-refractivity contribution in [1.82, 2.24) is 9.80 Å². The fourth-order valence-corrected chi connectivity index (χ4v) is 2.48. The first-order chi connectivity index (χ1) is 10.3. The summed E-state index contributed by atoms with van der Waals surface area (Å²) in [7, 11) is 0. The van der Waals surface area contributed by atoms with Crippen molar-refractivity contribution in [2.75, 3.05) is 39.3 Å². The summed E-state index contributed by atoms with van der Waals surface area (Å²) in [5.41, 5.74) is 1.04. The molecule has 1 atom stereocenters. The van der Waals surface area contributed by atoms with Gasteiger partial charge in [-0.1, -0.05) is 12.1 Å². The van der Waals surface area contributed by atoms with Crippen LogP contribution < -0.4 is 0 Å². The zero-order valence-electron chi connectivity index (χ0n) is 12.2. The number of alkyl halides is 3. The van der Waals surface area contributed by atoms with Gasteiger partial charge in [0, 0.05) is 39.3 Å². The molecule has 0 saturated carbocycles. The van der Waals surface area contributed by atoms with E-state index >= 15 is 0 Å². The molecule has 7 heteroatoms. The van der Waals surface area contributed by atoms with Gasteiger partial charge in [-0.3, -0.25) is 4.90 Å². The fourth-order valence-electron chi connectivity index (χ4n) is 2.48. The minimum atomic E-state index is -4.56. The molecule has 0 bridgehead atoms. The lowest BCUT2D eigenvalue weighted by Gasteiger charge is -2.35. The van der Waals surface area contributed by atoms with Gasteiger partial charge in [0.1, 0.15) is 5.82 Å². The number of aliphatic hydroxyl groups is 1. The molecule has 0 aliphatic carbocycles. The van der Waals surface area contributed by atoms with Crippen molar-refractivity contribution in [3.05, 3.63) is 35.6 Å². The molecule has 1 fully saturated rings. The predicted octanol–water partition coefficient (Wildman–Crippen LogP) is 1.91. The van der Waals surface area contributed by atoms with E-state index in [0.717, 1.165) is 18.5 Å².